The summed E-state index contributed by atoms with van der Waals surface area (Å²) >= 11 is 0. The SMILES string of the molecule is CC1=C(N2CCC3(CCN(CC(O)c4ncc(-n5cnnn5)cn4)CC3)C2=O)COC1=O. The molecule has 2 aromatic rings. The standard InChI is InChI=1S/C20H24N8O4/c1-13-15(11-32-18(13)30)27-7-4-20(19(27)31)2-5-26(6-3-20)10-16(29)17-21-8-14(9-22-17)28-12-23-24-25-28/h8-9,12,16,29H,2-7,10-11H2,1H3. The van der Waals surface area contributed by atoms with Gasteiger partial charge in [0.1, 0.15) is 24.7 Å². The number of cyclic esters (lactones) is 1. The summed E-state index contributed by atoms with van der Waals surface area (Å²) < 4.78 is 6.52. The van der Waals surface area contributed by atoms with Gasteiger partial charge in [-0.3, -0.25) is 4.79 Å². The minimum atomic E-state index is -0.836. The minimum absolute atomic E-state index is 0.0897. The molecular weight excluding hydrogens is 416 g/mol. The lowest BCUT2D eigenvalue weighted by Gasteiger charge is -2.38. The Morgan fingerprint density at radius 3 is 2.50 bits per heavy atom. The minimum Gasteiger partial charge on any atom is -0.456 e. The Hall–Kier alpha value is -3.25. The number of tetrazole rings is 1. The summed E-state index contributed by atoms with van der Waals surface area (Å²) in [6.07, 6.45) is 5.94. The molecule has 2 saturated heterocycles. The molecule has 12 nitrogen and oxygen atoms in total. The monoisotopic (exact) mass is 440 g/mol. The number of β-amino-alcohol motifs (C(OH)–C–C–N with tert-alkyl or cyclic N) is 1. The third-order valence-corrected chi connectivity index (χ3v) is 6.73. The molecule has 1 amide bonds. The third-order valence-electron chi connectivity index (χ3n) is 6.73. The summed E-state index contributed by atoms with van der Waals surface area (Å²) in [6, 6.07) is 0. The molecule has 32 heavy (non-hydrogen) atoms. The van der Waals surface area contributed by atoms with Crippen LogP contribution in [0.3, 0.4) is 0 Å². The van der Waals surface area contributed by atoms with Crippen LogP contribution in [0.4, 0.5) is 0 Å². The lowest BCUT2D eigenvalue weighted by molar-refractivity contribution is -0.138. The zero-order valence-corrected chi connectivity index (χ0v) is 17.7. The van der Waals surface area contributed by atoms with Crippen LogP contribution in [0.25, 0.3) is 5.69 Å². The van der Waals surface area contributed by atoms with Crippen LogP contribution in [0.15, 0.2) is 30.0 Å². The molecule has 2 aromatic heterocycles. The van der Waals surface area contributed by atoms with Crippen molar-refractivity contribution in [2.24, 2.45) is 5.41 Å². The molecule has 0 radical (unpaired) electrons. The summed E-state index contributed by atoms with van der Waals surface area (Å²) in [6.45, 7) is 4.30. The Morgan fingerprint density at radius 2 is 1.88 bits per heavy atom. The van der Waals surface area contributed by atoms with Gasteiger partial charge in [-0.2, -0.15) is 4.68 Å². The summed E-state index contributed by atoms with van der Waals surface area (Å²) in [5, 5.41) is 21.5. The Bertz CT molecular complexity index is 1040. The lowest BCUT2D eigenvalue weighted by atomic mass is 9.77. The van der Waals surface area contributed by atoms with E-state index in [1.54, 1.807) is 24.2 Å². The van der Waals surface area contributed by atoms with E-state index in [1.807, 2.05) is 0 Å². The molecule has 12 heteroatoms. The van der Waals surface area contributed by atoms with Crippen LogP contribution < -0.4 is 0 Å². The van der Waals surface area contributed by atoms with E-state index in [9.17, 15) is 14.7 Å². The van der Waals surface area contributed by atoms with Crippen molar-refractivity contribution in [3.8, 4) is 5.69 Å². The van der Waals surface area contributed by atoms with E-state index < -0.39 is 11.5 Å². The van der Waals surface area contributed by atoms with Gasteiger partial charge in [0.2, 0.25) is 5.91 Å². The molecule has 5 heterocycles. The van der Waals surface area contributed by atoms with Crippen molar-refractivity contribution in [2.45, 2.75) is 32.3 Å². The fraction of sp³-hybridized carbons (Fsp3) is 0.550. The number of amides is 1. The predicted octanol–water partition coefficient (Wildman–Crippen LogP) is -0.369. The van der Waals surface area contributed by atoms with E-state index in [-0.39, 0.29) is 18.5 Å². The second-order valence-corrected chi connectivity index (χ2v) is 8.51. The van der Waals surface area contributed by atoms with Crippen molar-refractivity contribution in [1.82, 2.24) is 40.0 Å². The number of nitrogens with zero attached hydrogens (tertiary/aromatic N) is 8. The van der Waals surface area contributed by atoms with Crippen molar-refractivity contribution < 1.29 is 19.4 Å². The van der Waals surface area contributed by atoms with Crippen LogP contribution in [0.2, 0.25) is 0 Å². The predicted molar refractivity (Wildman–Crippen MR) is 108 cm³/mol. The summed E-state index contributed by atoms with van der Waals surface area (Å²) in [7, 11) is 0. The van der Waals surface area contributed by atoms with Crippen LogP contribution in [0, 0.1) is 5.41 Å². The first-order valence-corrected chi connectivity index (χ1v) is 10.6. The molecule has 1 spiro atoms. The van der Waals surface area contributed by atoms with Crippen molar-refractivity contribution in [3.63, 3.8) is 0 Å². The quantitative estimate of drug-likeness (QED) is 0.613. The number of carbonyl (C=O) groups excluding carboxylic acids is 2. The van der Waals surface area contributed by atoms with E-state index in [1.165, 1.54) is 11.0 Å². The first kappa shape index (κ1) is 20.6. The smallest absolute Gasteiger partial charge is 0.336 e. The Kier molecular flexibility index (Phi) is 5.18. The molecule has 3 aliphatic heterocycles. The topological polar surface area (TPSA) is 139 Å². The molecule has 5 rings (SSSR count). The first-order valence-electron chi connectivity index (χ1n) is 10.6. The molecular formula is C20H24N8O4. The second-order valence-electron chi connectivity index (χ2n) is 8.51. The fourth-order valence-corrected chi connectivity index (χ4v) is 4.68. The van der Waals surface area contributed by atoms with Gasteiger partial charge in [-0.15, -0.1) is 5.10 Å². The number of ether oxygens (including phenoxy) is 1. The molecule has 3 aliphatic rings. The van der Waals surface area contributed by atoms with Crippen molar-refractivity contribution >= 4 is 11.9 Å². The number of hydrogen-bond acceptors (Lipinski definition) is 10. The summed E-state index contributed by atoms with van der Waals surface area (Å²) in [5.74, 6) is 0.0798. The highest BCUT2D eigenvalue weighted by molar-refractivity contribution is 5.94. The highest BCUT2D eigenvalue weighted by Crippen LogP contribution is 2.43. The molecule has 2 fully saturated rings. The number of aliphatic hydroxyl groups excluding tert-OH is 1. The number of likely N-dealkylation sites (tertiary alicyclic amines) is 2. The average Bonchev–Trinajstić information content (AvgIpc) is 3.53. The van der Waals surface area contributed by atoms with Crippen molar-refractivity contribution in [1.29, 1.82) is 0 Å². The third kappa shape index (κ3) is 3.54. The van der Waals surface area contributed by atoms with E-state index in [0.717, 1.165) is 19.3 Å². The molecule has 1 atom stereocenters. The lowest BCUT2D eigenvalue weighted by Crippen LogP contribution is -2.45. The van der Waals surface area contributed by atoms with E-state index >= 15 is 0 Å². The maximum Gasteiger partial charge on any atom is 0.336 e. The molecule has 0 aliphatic carbocycles. The molecule has 0 aromatic carbocycles. The van der Waals surface area contributed by atoms with Gasteiger partial charge in [0.05, 0.1) is 29.1 Å². The van der Waals surface area contributed by atoms with Crippen LogP contribution in [-0.4, -0.2) is 89.7 Å². The Labute approximate surface area is 183 Å². The molecule has 1 unspecified atom stereocenters. The molecule has 1 N–H and O–H groups in total. The van der Waals surface area contributed by atoms with Crippen LogP contribution in [0.5, 0.6) is 0 Å². The molecule has 0 saturated carbocycles. The van der Waals surface area contributed by atoms with Gasteiger partial charge in [0, 0.05) is 13.1 Å². The van der Waals surface area contributed by atoms with Gasteiger partial charge >= 0.3 is 5.97 Å². The van der Waals surface area contributed by atoms with Gasteiger partial charge < -0.3 is 19.6 Å². The number of piperidine rings is 1. The van der Waals surface area contributed by atoms with Crippen LogP contribution in [0.1, 0.15) is 38.1 Å². The molecule has 168 valence electrons. The van der Waals surface area contributed by atoms with Gasteiger partial charge in [-0.1, -0.05) is 0 Å². The maximum absolute atomic E-state index is 13.2. The second kappa shape index (κ2) is 8.02. The highest BCUT2D eigenvalue weighted by atomic mass is 16.5. The summed E-state index contributed by atoms with van der Waals surface area (Å²) in [4.78, 5) is 37.3. The number of esters is 1. The average molecular weight is 440 g/mol. The number of carbonyl (C=O) groups is 2. The van der Waals surface area contributed by atoms with E-state index in [4.69, 9.17) is 4.74 Å². The van der Waals surface area contributed by atoms with Gasteiger partial charge in [0.15, 0.2) is 5.82 Å². The summed E-state index contributed by atoms with van der Waals surface area (Å²) in [5.41, 5.74) is 1.44. The van der Waals surface area contributed by atoms with Crippen LogP contribution in [-0.2, 0) is 14.3 Å². The first-order chi connectivity index (χ1) is 15.5. The van der Waals surface area contributed by atoms with Crippen molar-refractivity contribution in [2.75, 3.05) is 32.8 Å². The molecule has 0 bridgehead atoms. The normalized spacial score (nSPS) is 22.1. The van der Waals surface area contributed by atoms with Gasteiger partial charge in [-0.05, 0) is 49.7 Å². The van der Waals surface area contributed by atoms with E-state index in [2.05, 4.69) is 30.4 Å². The van der Waals surface area contributed by atoms with E-state index in [0.29, 0.717) is 49.0 Å². The van der Waals surface area contributed by atoms with Crippen LogP contribution >= 0.6 is 0 Å². The number of aliphatic hydroxyl groups is 1. The Morgan fingerprint density at radius 1 is 1.16 bits per heavy atom. The largest absolute Gasteiger partial charge is 0.456 e. The highest BCUT2D eigenvalue weighted by Gasteiger charge is 2.50. The number of hydrogen-bond donors (Lipinski definition) is 1. The zero-order valence-electron chi connectivity index (χ0n) is 17.7. The number of aromatic nitrogens is 6. The maximum atomic E-state index is 13.2. The van der Waals surface area contributed by atoms with Gasteiger partial charge in [-0.25, -0.2) is 14.8 Å². The zero-order chi connectivity index (χ0) is 22.3. The Balaban J connectivity index is 1.18. The number of rotatable bonds is 5. The van der Waals surface area contributed by atoms with Gasteiger partial charge in [0.25, 0.3) is 0 Å². The van der Waals surface area contributed by atoms with Crippen molar-refractivity contribution in [3.05, 3.63) is 35.8 Å². The fourth-order valence-electron chi connectivity index (χ4n) is 4.68.